The normalized spacial score (nSPS) is 30.5. The summed E-state index contributed by atoms with van der Waals surface area (Å²) in [5, 5.41) is 0. The van der Waals surface area contributed by atoms with Crippen LogP contribution in [0.5, 0.6) is 0 Å². The van der Waals surface area contributed by atoms with Crippen molar-refractivity contribution in [3.05, 3.63) is 0 Å². The van der Waals surface area contributed by atoms with Crippen LogP contribution in [0.3, 0.4) is 0 Å². The molecule has 0 aromatic rings. The number of rotatable bonds is 1. The summed E-state index contributed by atoms with van der Waals surface area (Å²) < 4.78 is 0. The molecule has 0 heterocycles. The fourth-order valence-electron chi connectivity index (χ4n) is 2.32. The van der Waals surface area contributed by atoms with Gasteiger partial charge in [0.25, 0.3) is 0 Å². The Morgan fingerprint density at radius 2 is 1.50 bits per heavy atom. The summed E-state index contributed by atoms with van der Waals surface area (Å²) in [6.07, 6.45) is 2.88. The molecule has 2 atom stereocenters. The molecule has 1 rings (SSSR count). The molecular weight excluding hydrogens is 144 g/mol. The first-order valence-corrected chi connectivity index (χ1v) is 5.20. The SMILES string of the molecule is CC(C)(C)C[C@H]1CC1C(C)(C)C. The van der Waals surface area contributed by atoms with Crippen molar-refractivity contribution >= 4 is 0 Å². The lowest BCUT2D eigenvalue weighted by molar-refractivity contribution is 0.284. The molecule has 1 saturated carbocycles. The zero-order chi connectivity index (χ0) is 9.57. The van der Waals surface area contributed by atoms with Crippen LogP contribution in [-0.4, -0.2) is 0 Å². The standard InChI is InChI=1S/C12H24/c1-11(2,3)8-9-7-10(9)12(4,5)6/h9-10H,7-8H2,1-6H3/t9-,10?/m1/s1. The highest BCUT2D eigenvalue weighted by molar-refractivity contribution is 4.95. The van der Waals surface area contributed by atoms with Crippen LogP contribution < -0.4 is 0 Å². The smallest absolute Gasteiger partial charge is 0.0334 e. The zero-order valence-corrected chi connectivity index (χ0v) is 9.57. The second kappa shape index (κ2) is 2.75. The van der Waals surface area contributed by atoms with Crippen LogP contribution in [0.15, 0.2) is 0 Å². The highest BCUT2D eigenvalue weighted by atomic mass is 14.5. The Bertz CT molecular complexity index is 154. The van der Waals surface area contributed by atoms with Crippen LogP contribution >= 0.6 is 0 Å². The molecule has 1 fully saturated rings. The molecule has 0 nitrogen and oxygen atoms in total. The minimum absolute atomic E-state index is 0.532. The van der Waals surface area contributed by atoms with E-state index in [0.717, 1.165) is 11.8 Å². The number of hydrogen-bond donors (Lipinski definition) is 0. The summed E-state index contributed by atoms with van der Waals surface area (Å²) in [6.45, 7) is 14.2. The van der Waals surface area contributed by atoms with E-state index in [1.165, 1.54) is 12.8 Å². The van der Waals surface area contributed by atoms with E-state index >= 15 is 0 Å². The van der Waals surface area contributed by atoms with Gasteiger partial charge in [-0.1, -0.05) is 41.5 Å². The largest absolute Gasteiger partial charge is 0.0602 e. The van der Waals surface area contributed by atoms with Gasteiger partial charge in [0.1, 0.15) is 0 Å². The number of hydrogen-bond acceptors (Lipinski definition) is 0. The average Bonchev–Trinajstić information content (AvgIpc) is 2.37. The van der Waals surface area contributed by atoms with E-state index < -0.39 is 0 Å². The summed E-state index contributed by atoms with van der Waals surface area (Å²) >= 11 is 0. The molecular formula is C12H24. The van der Waals surface area contributed by atoms with Gasteiger partial charge in [-0.05, 0) is 35.5 Å². The molecule has 72 valence electrons. The van der Waals surface area contributed by atoms with Gasteiger partial charge >= 0.3 is 0 Å². The Kier molecular flexibility index (Phi) is 2.31. The second-order valence-corrected chi connectivity index (χ2v) is 6.73. The van der Waals surface area contributed by atoms with Gasteiger partial charge in [-0.2, -0.15) is 0 Å². The third-order valence-electron chi connectivity index (χ3n) is 2.91. The fourth-order valence-corrected chi connectivity index (χ4v) is 2.32. The van der Waals surface area contributed by atoms with E-state index in [-0.39, 0.29) is 0 Å². The van der Waals surface area contributed by atoms with Crippen molar-refractivity contribution in [2.75, 3.05) is 0 Å². The highest BCUT2D eigenvalue weighted by Crippen LogP contribution is 2.54. The van der Waals surface area contributed by atoms with Gasteiger partial charge in [-0.3, -0.25) is 0 Å². The second-order valence-electron chi connectivity index (χ2n) is 6.73. The van der Waals surface area contributed by atoms with Gasteiger partial charge in [0, 0.05) is 0 Å². The lowest BCUT2D eigenvalue weighted by Crippen LogP contribution is -2.12. The molecule has 0 amide bonds. The third-order valence-corrected chi connectivity index (χ3v) is 2.91. The Morgan fingerprint density at radius 1 is 1.00 bits per heavy atom. The van der Waals surface area contributed by atoms with Crippen molar-refractivity contribution < 1.29 is 0 Å². The highest BCUT2D eigenvalue weighted by Gasteiger charge is 2.45. The molecule has 0 N–H and O–H groups in total. The van der Waals surface area contributed by atoms with Crippen molar-refractivity contribution in [1.29, 1.82) is 0 Å². The van der Waals surface area contributed by atoms with Crippen molar-refractivity contribution in [1.82, 2.24) is 0 Å². The van der Waals surface area contributed by atoms with E-state index in [0.29, 0.717) is 10.8 Å². The van der Waals surface area contributed by atoms with Crippen LogP contribution in [0.2, 0.25) is 0 Å². The fraction of sp³-hybridized carbons (Fsp3) is 1.00. The molecule has 1 aliphatic rings. The maximum absolute atomic E-state index is 2.38. The molecule has 0 aliphatic heterocycles. The van der Waals surface area contributed by atoms with E-state index in [4.69, 9.17) is 0 Å². The molecule has 0 aromatic carbocycles. The van der Waals surface area contributed by atoms with E-state index in [1.54, 1.807) is 0 Å². The van der Waals surface area contributed by atoms with Gasteiger partial charge in [0.2, 0.25) is 0 Å². The molecule has 0 aromatic heterocycles. The van der Waals surface area contributed by atoms with Gasteiger partial charge < -0.3 is 0 Å². The summed E-state index contributed by atoms with van der Waals surface area (Å²) in [6, 6.07) is 0. The van der Waals surface area contributed by atoms with Crippen molar-refractivity contribution in [2.24, 2.45) is 22.7 Å². The quantitative estimate of drug-likeness (QED) is 0.553. The first-order chi connectivity index (χ1) is 5.20. The van der Waals surface area contributed by atoms with E-state index in [1.807, 2.05) is 0 Å². The van der Waals surface area contributed by atoms with E-state index in [2.05, 4.69) is 41.5 Å². The predicted molar refractivity (Wildman–Crippen MR) is 55.1 cm³/mol. The minimum atomic E-state index is 0.532. The maximum atomic E-state index is 2.38. The molecule has 1 aliphatic carbocycles. The molecule has 12 heavy (non-hydrogen) atoms. The molecule has 0 bridgehead atoms. The van der Waals surface area contributed by atoms with Crippen molar-refractivity contribution in [3.63, 3.8) is 0 Å². The van der Waals surface area contributed by atoms with Gasteiger partial charge in [-0.25, -0.2) is 0 Å². The van der Waals surface area contributed by atoms with Crippen LogP contribution in [0, 0.1) is 22.7 Å². The Balaban J connectivity index is 2.35. The van der Waals surface area contributed by atoms with Gasteiger partial charge in [0.05, 0.1) is 0 Å². The summed E-state index contributed by atoms with van der Waals surface area (Å²) in [4.78, 5) is 0. The van der Waals surface area contributed by atoms with E-state index in [9.17, 15) is 0 Å². The predicted octanol–water partition coefficient (Wildman–Crippen LogP) is 4.10. The van der Waals surface area contributed by atoms with Crippen LogP contribution in [0.1, 0.15) is 54.4 Å². The molecule has 0 saturated heterocycles. The Morgan fingerprint density at radius 3 is 1.75 bits per heavy atom. The molecule has 0 spiro atoms. The van der Waals surface area contributed by atoms with Crippen LogP contribution in [0.4, 0.5) is 0 Å². The van der Waals surface area contributed by atoms with Crippen molar-refractivity contribution in [3.8, 4) is 0 Å². The Hall–Kier alpha value is 0. The molecule has 1 unspecified atom stereocenters. The van der Waals surface area contributed by atoms with Crippen LogP contribution in [0.25, 0.3) is 0 Å². The summed E-state index contributed by atoms with van der Waals surface area (Å²) in [7, 11) is 0. The van der Waals surface area contributed by atoms with Gasteiger partial charge in [-0.15, -0.1) is 0 Å². The van der Waals surface area contributed by atoms with Gasteiger partial charge in [0.15, 0.2) is 0 Å². The summed E-state index contributed by atoms with van der Waals surface area (Å²) in [5.41, 5.74) is 1.08. The third kappa shape index (κ3) is 2.80. The topological polar surface area (TPSA) is 0 Å². The first kappa shape index (κ1) is 10.1. The average molecular weight is 168 g/mol. The first-order valence-electron chi connectivity index (χ1n) is 5.20. The Labute approximate surface area is 77.7 Å². The van der Waals surface area contributed by atoms with Crippen molar-refractivity contribution in [2.45, 2.75) is 54.4 Å². The maximum Gasteiger partial charge on any atom is -0.0334 e. The lowest BCUT2D eigenvalue weighted by atomic mass is 9.84. The lowest BCUT2D eigenvalue weighted by Gasteiger charge is -2.22. The zero-order valence-electron chi connectivity index (χ0n) is 9.57. The minimum Gasteiger partial charge on any atom is -0.0602 e. The molecule has 0 radical (unpaired) electrons. The monoisotopic (exact) mass is 168 g/mol. The van der Waals surface area contributed by atoms with Crippen LogP contribution in [-0.2, 0) is 0 Å². The molecule has 0 heteroatoms. The summed E-state index contributed by atoms with van der Waals surface area (Å²) in [5.74, 6) is 2.02.